The molecule has 17 heavy (non-hydrogen) atoms. The minimum atomic E-state index is 0.814. The third-order valence-electron chi connectivity index (χ3n) is 2.34. The summed E-state index contributed by atoms with van der Waals surface area (Å²) in [5.74, 6) is 0.814. The van der Waals surface area contributed by atoms with E-state index in [0.717, 1.165) is 31.6 Å². The SMILES string of the molecule is COc1ccc(-c2nc(C)c(OC)s2)cc1Br. The Hall–Kier alpha value is -1.07. The van der Waals surface area contributed by atoms with E-state index in [9.17, 15) is 0 Å². The molecule has 0 spiro atoms. The lowest BCUT2D eigenvalue weighted by molar-refractivity contribution is 0.412. The van der Waals surface area contributed by atoms with Crippen LogP contribution in [0.2, 0.25) is 0 Å². The Bertz CT molecular complexity index is 539. The summed E-state index contributed by atoms with van der Waals surface area (Å²) in [4.78, 5) is 4.48. The van der Waals surface area contributed by atoms with Crippen molar-refractivity contribution in [3.63, 3.8) is 0 Å². The van der Waals surface area contributed by atoms with Crippen LogP contribution in [0, 0.1) is 6.92 Å². The topological polar surface area (TPSA) is 31.4 Å². The van der Waals surface area contributed by atoms with Crippen LogP contribution < -0.4 is 9.47 Å². The van der Waals surface area contributed by atoms with E-state index in [-0.39, 0.29) is 0 Å². The molecule has 90 valence electrons. The molecule has 5 heteroatoms. The molecule has 0 fully saturated rings. The highest BCUT2D eigenvalue weighted by Crippen LogP contribution is 2.36. The molecule has 3 nitrogen and oxygen atoms in total. The molecule has 1 aromatic carbocycles. The normalized spacial score (nSPS) is 10.4. The summed E-state index contributed by atoms with van der Waals surface area (Å²) in [6, 6.07) is 5.90. The molecule has 0 amide bonds. The van der Waals surface area contributed by atoms with E-state index in [0.29, 0.717) is 0 Å². The number of benzene rings is 1. The van der Waals surface area contributed by atoms with Gasteiger partial charge in [0.25, 0.3) is 0 Å². The molecule has 0 N–H and O–H groups in total. The summed E-state index contributed by atoms with van der Waals surface area (Å²) in [5.41, 5.74) is 1.97. The Kier molecular flexibility index (Phi) is 3.69. The zero-order chi connectivity index (χ0) is 12.4. The fourth-order valence-electron chi connectivity index (χ4n) is 1.49. The van der Waals surface area contributed by atoms with E-state index in [1.54, 1.807) is 14.2 Å². The zero-order valence-electron chi connectivity index (χ0n) is 9.78. The van der Waals surface area contributed by atoms with Gasteiger partial charge in [0, 0.05) is 5.56 Å². The van der Waals surface area contributed by atoms with Gasteiger partial charge in [-0.1, -0.05) is 11.3 Å². The van der Waals surface area contributed by atoms with Crippen molar-refractivity contribution < 1.29 is 9.47 Å². The van der Waals surface area contributed by atoms with Crippen LogP contribution in [-0.2, 0) is 0 Å². The van der Waals surface area contributed by atoms with Gasteiger partial charge in [0.1, 0.15) is 10.8 Å². The average molecular weight is 314 g/mol. The highest BCUT2D eigenvalue weighted by atomic mass is 79.9. The summed E-state index contributed by atoms with van der Waals surface area (Å²) in [5, 5.41) is 1.80. The first-order valence-electron chi connectivity index (χ1n) is 5.01. The molecule has 0 aliphatic carbocycles. The van der Waals surface area contributed by atoms with Crippen LogP contribution in [0.25, 0.3) is 10.6 Å². The van der Waals surface area contributed by atoms with Crippen LogP contribution >= 0.6 is 27.3 Å². The van der Waals surface area contributed by atoms with Crippen LogP contribution in [0.5, 0.6) is 10.8 Å². The molecule has 0 bridgehead atoms. The molecule has 1 heterocycles. The van der Waals surface area contributed by atoms with Crippen LogP contribution in [0.15, 0.2) is 22.7 Å². The van der Waals surface area contributed by atoms with Gasteiger partial charge in [0.2, 0.25) is 0 Å². The molecular weight excluding hydrogens is 302 g/mol. The first-order valence-corrected chi connectivity index (χ1v) is 6.62. The maximum Gasteiger partial charge on any atom is 0.197 e. The van der Waals surface area contributed by atoms with Gasteiger partial charge < -0.3 is 9.47 Å². The highest BCUT2D eigenvalue weighted by molar-refractivity contribution is 9.10. The maximum atomic E-state index is 5.24. The van der Waals surface area contributed by atoms with Crippen LogP contribution in [0.1, 0.15) is 5.69 Å². The van der Waals surface area contributed by atoms with Gasteiger partial charge in [-0.05, 0) is 41.1 Å². The smallest absolute Gasteiger partial charge is 0.197 e. The Morgan fingerprint density at radius 3 is 2.53 bits per heavy atom. The zero-order valence-corrected chi connectivity index (χ0v) is 12.2. The Labute approximate surface area is 113 Å². The Morgan fingerprint density at radius 2 is 2.00 bits per heavy atom. The summed E-state index contributed by atoms with van der Waals surface area (Å²) in [6.07, 6.45) is 0. The predicted octanol–water partition coefficient (Wildman–Crippen LogP) is 3.90. The number of halogens is 1. The highest BCUT2D eigenvalue weighted by Gasteiger charge is 2.11. The van der Waals surface area contributed by atoms with E-state index in [2.05, 4.69) is 20.9 Å². The third kappa shape index (κ3) is 2.45. The number of hydrogen-bond donors (Lipinski definition) is 0. The molecule has 0 radical (unpaired) electrons. The average Bonchev–Trinajstić information content (AvgIpc) is 2.70. The molecule has 0 saturated heterocycles. The quantitative estimate of drug-likeness (QED) is 0.861. The minimum Gasteiger partial charge on any atom is -0.496 e. The van der Waals surface area contributed by atoms with E-state index < -0.39 is 0 Å². The second kappa shape index (κ2) is 5.06. The van der Waals surface area contributed by atoms with Crippen molar-refractivity contribution in [1.82, 2.24) is 4.98 Å². The first kappa shape index (κ1) is 12.4. The van der Waals surface area contributed by atoms with Gasteiger partial charge in [0.05, 0.1) is 24.4 Å². The summed E-state index contributed by atoms with van der Waals surface area (Å²) >= 11 is 5.01. The van der Waals surface area contributed by atoms with Crippen molar-refractivity contribution >= 4 is 27.3 Å². The summed E-state index contributed by atoms with van der Waals surface area (Å²) in [7, 11) is 3.31. The molecule has 0 aliphatic heterocycles. The number of nitrogens with zero attached hydrogens (tertiary/aromatic N) is 1. The lowest BCUT2D eigenvalue weighted by Gasteiger charge is -2.03. The van der Waals surface area contributed by atoms with Crippen molar-refractivity contribution in [2.45, 2.75) is 6.92 Å². The van der Waals surface area contributed by atoms with Crippen LogP contribution in [-0.4, -0.2) is 19.2 Å². The largest absolute Gasteiger partial charge is 0.496 e. The van der Waals surface area contributed by atoms with Crippen LogP contribution in [0.4, 0.5) is 0 Å². The summed E-state index contributed by atoms with van der Waals surface area (Å²) in [6.45, 7) is 1.94. The Morgan fingerprint density at radius 1 is 1.24 bits per heavy atom. The lowest BCUT2D eigenvalue weighted by Crippen LogP contribution is -1.85. The van der Waals surface area contributed by atoms with Crippen molar-refractivity contribution in [2.75, 3.05) is 14.2 Å². The maximum absolute atomic E-state index is 5.24. The van der Waals surface area contributed by atoms with E-state index >= 15 is 0 Å². The number of thiazole rings is 1. The van der Waals surface area contributed by atoms with E-state index in [4.69, 9.17) is 9.47 Å². The molecule has 2 rings (SSSR count). The molecule has 1 aromatic heterocycles. The predicted molar refractivity (Wildman–Crippen MR) is 73.1 cm³/mol. The number of aryl methyl sites for hydroxylation is 1. The number of methoxy groups -OCH3 is 2. The molecule has 0 saturated carbocycles. The van der Waals surface area contributed by atoms with Crippen molar-refractivity contribution in [3.8, 4) is 21.4 Å². The van der Waals surface area contributed by atoms with Gasteiger partial charge >= 0.3 is 0 Å². The molecule has 0 aliphatic rings. The third-order valence-corrected chi connectivity index (χ3v) is 4.13. The van der Waals surface area contributed by atoms with Gasteiger partial charge in [-0.3, -0.25) is 0 Å². The van der Waals surface area contributed by atoms with Crippen molar-refractivity contribution in [3.05, 3.63) is 28.4 Å². The van der Waals surface area contributed by atoms with Crippen LogP contribution in [0.3, 0.4) is 0 Å². The lowest BCUT2D eigenvalue weighted by atomic mass is 10.2. The second-order valence-electron chi connectivity index (χ2n) is 3.45. The molecular formula is C12H12BrNO2S. The van der Waals surface area contributed by atoms with E-state index in [1.807, 2.05) is 25.1 Å². The number of rotatable bonds is 3. The van der Waals surface area contributed by atoms with Gasteiger partial charge in [-0.15, -0.1) is 0 Å². The second-order valence-corrected chi connectivity index (χ2v) is 5.26. The minimum absolute atomic E-state index is 0.814. The standard InChI is InChI=1S/C12H12BrNO2S/c1-7-12(16-3)17-11(14-7)8-4-5-10(15-2)9(13)6-8/h4-6H,1-3H3. The van der Waals surface area contributed by atoms with Gasteiger partial charge in [-0.2, -0.15) is 0 Å². The number of ether oxygens (including phenoxy) is 2. The fourth-order valence-corrected chi connectivity index (χ4v) is 2.92. The number of hydrogen-bond acceptors (Lipinski definition) is 4. The summed E-state index contributed by atoms with van der Waals surface area (Å²) < 4.78 is 11.4. The van der Waals surface area contributed by atoms with Crippen molar-refractivity contribution in [2.24, 2.45) is 0 Å². The first-order chi connectivity index (χ1) is 8.15. The monoisotopic (exact) mass is 313 g/mol. The van der Waals surface area contributed by atoms with Gasteiger partial charge in [-0.25, -0.2) is 4.98 Å². The van der Waals surface area contributed by atoms with E-state index in [1.165, 1.54) is 11.3 Å². The molecule has 2 aromatic rings. The molecule has 0 atom stereocenters. The molecule has 0 unspecified atom stereocenters. The van der Waals surface area contributed by atoms with Crippen molar-refractivity contribution in [1.29, 1.82) is 0 Å². The van der Waals surface area contributed by atoms with Gasteiger partial charge in [0.15, 0.2) is 5.06 Å². The fraction of sp³-hybridized carbons (Fsp3) is 0.250. The Balaban J connectivity index is 2.42. The number of aromatic nitrogens is 1.